The average Bonchev–Trinajstić information content (AvgIpc) is 2.91. The molecule has 1 aromatic rings. The van der Waals surface area contributed by atoms with Crippen molar-refractivity contribution in [3.63, 3.8) is 0 Å². The zero-order valence-electron chi connectivity index (χ0n) is 13.7. The van der Waals surface area contributed by atoms with Crippen LogP contribution in [0.1, 0.15) is 32.8 Å². The molecule has 0 saturated heterocycles. The molecule has 1 aliphatic heterocycles. The van der Waals surface area contributed by atoms with E-state index in [4.69, 9.17) is 15.2 Å². The Balaban J connectivity index is 1.99. The Kier molecular flexibility index (Phi) is 5.12. The first-order chi connectivity index (χ1) is 9.94. The highest BCUT2D eigenvalue weighted by molar-refractivity contribution is 5.44. The van der Waals surface area contributed by atoms with E-state index in [1.807, 2.05) is 6.07 Å². The molecule has 2 N–H and O–H groups in total. The van der Waals surface area contributed by atoms with Gasteiger partial charge in [0.2, 0.25) is 6.79 Å². The van der Waals surface area contributed by atoms with E-state index in [1.54, 1.807) is 0 Å². The topological polar surface area (TPSA) is 47.7 Å². The van der Waals surface area contributed by atoms with Crippen molar-refractivity contribution in [1.82, 2.24) is 4.90 Å². The van der Waals surface area contributed by atoms with Gasteiger partial charge in [-0.1, -0.05) is 19.9 Å². The van der Waals surface area contributed by atoms with E-state index in [0.717, 1.165) is 30.9 Å². The van der Waals surface area contributed by atoms with Gasteiger partial charge in [-0.2, -0.15) is 0 Å². The summed E-state index contributed by atoms with van der Waals surface area (Å²) in [5.74, 6) is 2.35. The number of fused-ring (bicyclic) bond motifs is 1. The van der Waals surface area contributed by atoms with Gasteiger partial charge in [0, 0.05) is 18.6 Å². The molecule has 1 heterocycles. The normalized spacial score (nSPS) is 16.5. The van der Waals surface area contributed by atoms with Gasteiger partial charge in [0.1, 0.15) is 0 Å². The predicted octanol–water partition coefficient (Wildman–Crippen LogP) is 2.65. The summed E-state index contributed by atoms with van der Waals surface area (Å²) in [6, 6.07) is 6.20. The number of hydrogen-bond acceptors (Lipinski definition) is 4. The summed E-state index contributed by atoms with van der Waals surface area (Å²) in [6.45, 7) is 8.80. The fourth-order valence-electron chi connectivity index (χ4n) is 2.73. The quantitative estimate of drug-likeness (QED) is 0.839. The summed E-state index contributed by atoms with van der Waals surface area (Å²) in [6.07, 6.45) is 2.03. The second-order valence-corrected chi connectivity index (χ2v) is 6.66. The number of nitrogens with two attached hydrogens (primary N) is 1. The van der Waals surface area contributed by atoms with Gasteiger partial charge in [0.15, 0.2) is 11.5 Å². The fraction of sp³-hybridized carbons (Fsp3) is 0.647. The average molecular weight is 292 g/mol. The van der Waals surface area contributed by atoms with E-state index in [2.05, 4.69) is 44.9 Å². The van der Waals surface area contributed by atoms with Crippen LogP contribution in [0.3, 0.4) is 0 Å². The SMILES string of the molecule is CC(C)CN(C)C(C)(CN)CCc1ccc2c(c1)OCO2. The van der Waals surface area contributed by atoms with E-state index < -0.39 is 0 Å². The van der Waals surface area contributed by atoms with Crippen LogP contribution in [0.5, 0.6) is 11.5 Å². The standard InChI is InChI=1S/C17H28N2O2/c1-13(2)10-19(4)17(3,11-18)8-7-14-5-6-15-16(9-14)21-12-20-15/h5-6,9,13H,7-8,10-12,18H2,1-4H3. The number of aryl methyl sites for hydroxylation is 1. The molecule has 0 fully saturated rings. The van der Waals surface area contributed by atoms with Crippen LogP contribution in [0.2, 0.25) is 0 Å². The van der Waals surface area contributed by atoms with Crippen LogP contribution in [0.25, 0.3) is 0 Å². The van der Waals surface area contributed by atoms with Gasteiger partial charge in [0.05, 0.1) is 0 Å². The lowest BCUT2D eigenvalue weighted by Gasteiger charge is -2.39. The third kappa shape index (κ3) is 3.89. The van der Waals surface area contributed by atoms with E-state index >= 15 is 0 Å². The summed E-state index contributed by atoms with van der Waals surface area (Å²) in [7, 11) is 2.17. The molecule has 0 aliphatic carbocycles. The molecule has 1 unspecified atom stereocenters. The smallest absolute Gasteiger partial charge is 0.231 e. The van der Waals surface area contributed by atoms with Gasteiger partial charge in [-0.05, 0) is 50.4 Å². The zero-order chi connectivity index (χ0) is 15.5. The molecule has 0 saturated carbocycles. The third-order valence-corrected chi connectivity index (χ3v) is 4.39. The Morgan fingerprint density at radius 3 is 2.67 bits per heavy atom. The third-order valence-electron chi connectivity index (χ3n) is 4.39. The second-order valence-electron chi connectivity index (χ2n) is 6.66. The van der Waals surface area contributed by atoms with Crippen molar-refractivity contribution in [2.45, 2.75) is 39.2 Å². The van der Waals surface area contributed by atoms with E-state index in [1.165, 1.54) is 5.56 Å². The van der Waals surface area contributed by atoms with Crippen LogP contribution in [0.15, 0.2) is 18.2 Å². The number of benzene rings is 1. The number of ether oxygens (including phenoxy) is 2. The molecule has 1 aromatic carbocycles. The van der Waals surface area contributed by atoms with Gasteiger partial charge >= 0.3 is 0 Å². The Labute approximate surface area is 128 Å². The summed E-state index contributed by atoms with van der Waals surface area (Å²) in [4.78, 5) is 2.39. The molecular formula is C17H28N2O2. The summed E-state index contributed by atoms with van der Waals surface area (Å²) < 4.78 is 10.8. The van der Waals surface area contributed by atoms with Crippen LogP contribution in [-0.2, 0) is 6.42 Å². The van der Waals surface area contributed by atoms with Crippen molar-refractivity contribution in [2.24, 2.45) is 11.7 Å². The van der Waals surface area contributed by atoms with Crippen LogP contribution in [0, 0.1) is 5.92 Å². The largest absolute Gasteiger partial charge is 0.454 e. The minimum Gasteiger partial charge on any atom is -0.454 e. The van der Waals surface area contributed by atoms with Gasteiger partial charge in [0.25, 0.3) is 0 Å². The maximum Gasteiger partial charge on any atom is 0.231 e. The fourth-order valence-corrected chi connectivity index (χ4v) is 2.73. The molecule has 0 bridgehead atoms. The highest BCUT2D eigenvalue weighted by Crippen LogP contribution is 2.33. The van der Waals surface area contributed by atoms with Gasteiger partial charge in [-0.3, -0.25) is 4.90 Å². The lowest BCUT2D eigenvalue weighted by molar-refractivity contribution is 0.119. The van der Waals surface area contributed by atoms with Crippen molar-refractivity contribution < 1.29 is 9.47 Å². The molecular weight excluding hydrogens is 264 g/mol. The van der Waals surface area contributed by atoms with Crippen molar-refractivity contribution in [2.75, 3.05) is 26.9 Å². The molecule has 0 spiro atoms. The number of likely N-dealkylation sites (N-methyl/N-ethyl adjacent to an activating group) is 1. The Morgan fingerprint density at radius 1 is 1.29 bits per heavy atom. The van der Waals surface area contributed by atoms with Crippen molar-refractivity contribution >= 4 is 0 Å². The maximum absolute atomic E-state index is 6.05. The molecule has 118 valence electrons. The minimum atomic E-state index is 0.0284. The molecule has 4 heteroatoms. The Bertz CT molecular complexity index is 476. The Hall–Kier alpha value is -1.26. The van der Waals surface area contributed by atoms with Gasteiger partial charge in [-0.25, -0.2) is 0 Å². The molecule has 21 heavy (non-hydrogen) atoms. The zero-order valence-corrected chi connectivity index (χ0v) is 13.7. The molecule has 1 atom stereocenters. The van der Waals surface area contributed by atoms with Gasteiger partial charge < -0.3 is 15.2 Å². The molecule has 4 nitrogen and oxygen atoms in total. The highest BCUT2D eigenvalue weighted by Gasteiger charge is 2.28. The highest BCUT2D eigenvalue weighted by atomic mass is 16.7. The number of hydrogen-bond donors (Lipinski definition) is 1. The molecule has 0 aromatic heterocycles. The van der Waals surface area contributed by atoms with Crippen LogP contribution in [0.4, 0.5) is 0 Å². The number of rotatable bonds is 7. The first-order valence-corrected chi connectivity index (χ1v) is 7.74. The molecule has 1 aliphatic rings. The monoisotopic (exact) mass is 292 g/mol. The second kappa shape index (κ2) is 6.67. The van der Waals surface area contributed by atoms with Gasteiger partial charge in [-0.15, -0.1) is 0 Å². The minimum absolute atomic E-state index is 0.0284. The lowest BCUT2D eigenvalue weighted by atomic mass is 9.91. The number of nitrogens with zero attached hydrogens (tertiary/aromatic N) is 1. The molecule has 0 amide bonds. The van der Waals surface area contributed by atoms with E-state index in [-0.39, 0.29) is 5.54 Å². The first kappa shape index (κ1) is 16.1. The van der Waals surface area contributed by atoms with Crippen molar-refractivity contribution in [3.05, 3.63) is 23.8 Å². The maximum atomic E-state index is 6.05. The summed E-state index contributed by atoms with van der Waals surface area (Å²) in [5.41, 5.74) is 7.35. The van der Waals surface area contributed by atoms with Crippen LogP contribution < -0.4 is 15.2 Å². The Morgan fingerprint density at radius 2 is 2.00 bits per heavy atom. The summed E-state index contributed by atoms with van der Waals surface area (Å²) >= 11 is 0. The first-order valence-electron chi connectivity index (χ1n) is 7.74. The lowest BCUT2D eigenvalue weighted by Crippen LogP contribution is -2.51. The van der Waals surface area contributed by atoms with E-state index in [9.17, 15) is 0 Å². The van der Waals surface area contributed by atoms with Crippen LogP contribution in [-0.4, -0.2) is 37.4 Å². The van der Waals surface area contributed by atoms with Crippen LogP contribution >= 0.6 is 0 Å². The molecule has 2 rings (SSSR count). The van der Waals surface area contributed by atoms with E-state index in [0.29, 0.717) is 19.3 Å². The summed E-state index contributed by atoms with van der Waals surface area (Å²) in [5, 5.41) is 0. The molecule has 0 radical (unpaired) electrons. The van der Waals surface area contributed by atoms with Crippen molar-refractivity contribution in [1.29, 1.82) is 0 Å². The van der Waals surface area contributed by atoms with Crippen molar-refractivity contribution in [3.8, 4) is 11.5 Å². The predicted molar refractivity (Wildman–Crippen MR) is 85.8 cm³/mol.